The Morgan fingerprint density at radius 3 is 2.29 bits per heavy atom. The Bertz CT molecular complexity index is 1050. The molecule has 0 saturated carbocycles. The van der Waals surface area contributed by atoms with Crippen LogP contribution in [0.2, 0.25) is 0 Å². The molecule has 1 aromatic heterocycles. The Hall–Kier alpha value is -3.74. The third-order valence-corrected chi connectivity index (χ3v) is 5.43. The first-order chi connectivity index (χ1) is 15.1. The van der Waals surface area contributed by atoms with Crippen LogP contribution in [0.1, 0.15) is 23.2 Å². The Morgan fingerprint density at radius 2 is 1.58 bits per heavy atom. The fraction of sp³-hybridized carbons (Fsp3) is 0.208. The minimum atomic E-state index is -0.374. The SMILES string of the molecule is O=C(Nc1ccc(F)cc1)c1ccccc1NC(=O)C1CCN(c2ccncc2)CC1. The molecule has 2 N–H and O–H groups in total. The van der Waals surface area contributed by atoms with E-state index in [1.54, 1.807) is 36.7 Å². The third-order valence-electron chi connectivity index (χ3n) is 5.43. The summed E-state index contributed by atoms with van der Waals surface area (Å²) in [5, 5.41) is 5.66. The quantitative estimate of drug-likeness (QED) is 0.647. The Morgan fingerprint density at radius 1 is 0.903 bits per heavy atom. The summed E-state index contributed by atoms with van der Waals surface area (Å²) in [5.41, 5.74) is 2.41. The molecule has 0 bridgehead atoms. The molecule has 7 heteroatoms. The van der Waals surface area contributed by atoms with Crippen molar-refractivity contribution in [2.24, 2.45) is 5.92 Å². The number of hydrogen-bond donors (Lipinski definition) is 2. The van der Waals surface area contributed by atoms with Gasteiger partial charge < -0.3 is 15.5 Å². The third kappa shape index (κ3) is 5.06. The van der Waals surface area contributed by atoms with Crippen LogP contribution in [0.3, 0.4) is 0 Å². The van der Waals surface area contributed by atoms with Gasteiger partial charge in [0.1, 0.15) is 5.82 Å². The largest absolute Gasteiger partial charge is 0.371 e. The lowest BCUT2D eigenvalue weighted by atomic mass is 9.95. The molecule has 0 aliphatic carbocycles. The van der Waals surface area contributed by atoms with Crippen LogP contribution in [-0.2, 0) is 4.79 Å². The van der Waals surface area contributed by atoms with Crippen LogP contribution in [0, 0.1) is 11.7 Å². The van der Waals surface area contributed by atoms with Crippen LogP contribution in [0.4, 0.5) is 21.5 Å². The van der Waals surface area contributed by atoms with Crippen LogP contribution in [0.5, 0.6) is 0 Å². The number of halogens is 1. The zero-order chi connectivity index (χ0) is 21.6. The molecule has 0 radical (unpaired) electrons. The maximum atomic E-state index is 13.1. The van der Waals surface area contributed by atoms with Gasteiger partial charge in [-0.3, -0.25) is 14.6 Å². The first-order valence-corrected chi connectivity index (χ1v) is 10.2. The number of nitrogens with one attached hydrogen (secondary N) is 2. The van der Waals surface area contributed by atoms with Gasteiger partial charge in [-0.2, -0.15) is 0 Å². The van der Waals surface area contributed by atoms with Gasteiger partial charge in [0.2, 0.25) is 5.91 Å². The number of carbonyl (C=O) groups excluding carboxylic acids is 2. The minimum Gasteiger partial charge on any atom is -0.371 e. The monoisotopic (exact) mass is 418 g/mol. The predicted octanol–water partition coefficient (Wildman–Crippen LogP) is 4.33. The van der Waals surface area contributed by atoms with E-state index >= 15 is 0 Å². The highest BCUT2D eigenvalue weighted by Crippen LogP contribution is 2.25. The molecule has 1 aliphatic heterocycles. The van der Waals surface area contributed by atoms with E-state index in [-0.39, 0.29) is 23.5 Å². The van der Waals surface area contributed by atoms with E-state index in [9.17, 15) is 14.0 Å². The van der Waals surface area contributed by atoms with Crippen LogP contribution >= 0.6 is 0 Å². The first-order valence-electron chi connectivity index (χ1n) is 10.2. The van der Waals surface area contributed by atoms with E-state index < -0.39 is 0 Å². The lowest BCUT2D eigenvalue weighted by Crippen LogP contribution is -2.38. The summed E-state index contributed by atoms with van der Waals surface area (Å²) in [6.07, 6.45) is 5.00. The number of carbonyl (C=O) groups is 2. The molecular weight excluding hydrogens is 395 g/mol. The van der Waals surface area contributed by atoms with Crippen molar-refractivity contribution in [3.63, 3.8) is 0 Å². The van der Waals surface area contributed by atoms with Crippen LogP contribution in [0.25, 0.3) is 0 Å². The molecule has 0 unspecified atom stereocenters. The second kappa shape index (κ2) is 9.38. The van der Waals surface area contributed by atoms with Crippen molar-refractivity contribution in [2.75, 3.05) is 28.6 Å². The minimum absolute atomic E-state index is 0.0867. The summed E-state index contributed by atoms with van der Waals surface area (Å²) in [6, 6.07) is 16.4. The second-order valence-corrected chi connectivity index (χ2v) is 7.46. The molecule has 2 aromatic carbocycles. The fourth-order valence-corrected chi connectivity index (χ4v) is 3.71. The number of piperidine rings is 1. The van der Waals surface area contributed by atoms with Gasteiger partial charge in [0, 0.05) is 42.8 Å². The summed E-state index contributed by atoms with van der Waals surface area (Å²) in [5.74, 6) is -0.946. The summed E-state index contributed by atoms with van der Waals surface area (Å²) in [7, 11) is 0. The summed E-state index contributed by atoms with van der Waals surface area (Å²) in [6.45, 7) is 1.57. The molecule has 0 spiro atoms. The predicted molar refractivity (Wildman–Crippen MR) is 119 cm³/mol. The average molecular weight is 418 g/mol. The van der Waals surface area contributed by atoms with Gasteiger partial charge in [0.05, 0.1) is 11.3 Å². The van der Waals surface area contributed by atoms with Crippen molar-refractivity contribution >= 4 is 28.9 Å². The highest BCUT2D eigenvalue weighted by Gasteiger charge is 2.26. The summed E-state index contributed by atoms with van der Waals surface area (Å²) in [4.78, 5) is 31.9. The van der Waals surface area contributed by atoms with Gasteiger partial charge >= 0.3 is 0 Å². The molecule has 0 atom stereocenters. The molecule has 3 aromatic rings. The van der Waals surface area contributed by atoms with E-state index in [1.807, 2.05) is 12.1 Å². The van der Waals surface area contributed by atoms with Gasteiger partial charge in [-0.1, -0.05) is 12.1 Å². The molecular formula is C24H23FN4O2. The zero-order valence-electron chi connectivity index (χ0n) is 16.9. The topological polar surface area (TPSA) is 74.3 Å². The average Bonchev–Trinajstić information content (AvgIpc) is 2.81. The number of aromatic nitrogens is 1. The van der Waals surface area contributed by atoms with Crippen LogP contribution in [-0.4, -0.2) is 29.9 Å². The van der Waals surface area contributed by atoms with E-state index in [0.29, 0.717) is 16.9 Å². The van der Waals surface area contributed by atoms with Crippen LogP contribution < -0.4 is 15.5 Å². The number of benzene rings is 2. The number of para-hydroxylation sites is 1. The van der Waals surface area contributed by atoms with Crippen LogP contribution in [0.15, 0.2) is 73.1 Å². The lowest BCUT2D eigenvalue weighted by molar-refractivity contribution is -0.120. The molecule has 2 heterocycles. The van der Waals surface area contributed by atoms with E-state index in [2.05, 4.69) is 20.5 Å². The first kappa shape index (κ1) is 20.5. The Balaban J connectivity index is 1.39. The number of amides is 2. The molecule has 1 aliphatic rings. The molecule has 4 rings (SSSR count). The van der Waals surface area contributed by atoms with Crippen molar-refractivity contribution in [1.29, 1.82) is 0 Å². The number of anilines is 3. The molecule has 1 fully saturated rings. The summed E-state index contributed by atoms with van der Waals surface area (Å²) < 4.78 is 13.1. The van der Waals surface area contributed by atoms with Gasteiger partial charge in [-0.25, -0.2) is 4.39 Å². The zero-order valence-corrected chi connectivity index (χ0v) is 16.9. The van der Waals surface area contributed by atoms with E-state index in [1.165, 1.54) is 24.3 Å². The van der Waals surface area contributed by atoms with Gasteiger partial charge in [0.15, 0.2) is 0 Å². The van der Waals surface area contributed by atoms with Crippen molar-refractivity contribution in [3.05, 3.63) is 84.4 Å². The number of nitrogens with zero attached hydrogens (tertiary/aromatic N) is 2. The van der Waals surface area contributed by atoms with Crippen molar-refractivity contribution in [2.45, 2.75) is 12.8 Å². The number of hydrogen-bond acceptors (Lipinski definition) is 4. The second-order valence-electron chi connectivity index (χ2n) is 7.46. The molecule has 158 valence electrons. The smallest absolute Gasteiger partial charge is 0.257 e. The molecule has 2 amide bonds. The molecule has 31 heavy (non-hydrogen) atoms. The highest BCUT2D eigenvalue weighted by atomic mass is 19.1. The Labute approximate surface area is 180 Å². The van der Waals surface area contributed by atoms with Gasteiger partial charge in [-0.05, 0) is 61.4 Å². The lowest BCUT2D eigenvalue weighted by Gasteiger charge is -2.33. The van der Waals surface area contributed by atoms with E-state index in [0.717, 1.165) is 31.6 Å². The highest BCUT2D eigenvalue weighted by molar-refractivity contribution is 6.10. The van der Waals surface area contributed by atoms with Gasteiger partial charge in [-0.15, -0.1) is 0 Å². The maximum Gasteiger partial charge on any atom is 0.257 e. The Kier molecular flexibility index (Phi) is 6.21. The fourth-order valence-electron chi connectivity index (χ4n) is 3.71. The maximum absolute atomic E-state index is 13.1. The molecule has 6 nitrogen and oxygen atoms in total. The summed E-state index contributed by atoms with van der Waals surface area (Å²) >= 11 is 0. The van der Waals surface area contributed by atoms with Crippen molar-refractivity contribution in [1.82, 2.24) is 4.98 Å². The van der Waals surface area contributed by atoms with Crippen molar-refractivity contribution < 1.29 is 14.0 Å². The number of pyridine rings is 1. The normalized spacial score (nSPS) is 14.2. The number of rotatable bonds is 5. The standard InChI is InChI=1S/C24H23FN4O2/c25-18-5-7-19(8-6-18)27-24(31)21-3-1-2-4-22(21)28-23(30)17-11-15-29(16-12-17)20-9-13-26-14-10-20/h1-10,13-14,17H,11-12,15-16H2,(H,27,31)(H,28,30). The van der Waals surface area contributed by atoms with Crippen molar-refractivity contribution in [3.8, 4) is 0 Å². The van der Waals surface area contributed by atoms with E-state index in [4.69, 9.17) is 0 Å². The van der Waals surface area contributed by atoms with Gasteiger partial charge in [0.25, 0.3) is 5.91 Å². The molecule has 1 saturated heterocycles.